The molecule has 1 aromatic carbocycles. The van der Waals surface area contributed by atoms with E-state index in [0.717, 1.165) is 11.1 Å². The third kappa shape index (κ3) is 4.46. The number of amides is 2. The monoisotopic (exact) mass is 434 g/mol. The molecule has 0 spiro atoms. The second kappa shape index (κ2) is 8.89. The summed E-state index contributed by atoms with van der Waals surface area (Å²) in [5, 5.41) is 9.26. The zero-order chi connectivity index (χ0) is 21.8. The highest BCUT2D eigenvalue weighted by molar-refractivity contribution is 7.13. The van der Waals surface area contributed by atoms with E-state index in [4.69, 9.17) is 0 Å². The molecule has 1 N–H and O–H groups in total. The lowest BCUT2D eigenvalue weighted by Gasteiger charge is -2.28. The zero-order valence-electron chi connectivity index (χ0n) is 17.6. The van der Waals surface area contributed by atoms with Gasteiger partial charge in [0, 0.05) is 37.8 Å². The topological polar surface area (TPSA) is 67.2 Å². The van der Waals surface area contributed by atoms with Gasteiger partial charge in [0.15, 0.2) is 0 Å². The van der Waals surface area contributed by atoms with Crippen molar-refractivity contribution in [2.45, 2.75) is 12.8 Å². The van der Waals surface area contributed by atoms with Crippen molar-refractivity contribution in [2.75, 3.05) is 19.6 Å². The van der Waals surface area contributed by atoms with Crippen LogP contribution in [0.4, 0.5) is 0 Å². The second-order valence-corrected chi connectivity index (χ2v) is 8.93. The molecule has 160 valence electrons. The van der Waals surface area contributed by atoms with Crippen molar-refractivity contribution in [3.05, 3.63) is 78.0 Å². The maximum absolute atomic E-state index is 13.2. The van der Waals surface area contributed by atoms with Crippen molar-refractivity contribution in [3.63, 3.8) is 0 Å². The highest BCUT2D eigenvalue weighted by Gasteiger charge is 2.46. The summed E-state index contributed by atoms with van der Waals surface area (Å²) in [7, 11) is 1.79. The van der Waals surface area contributed by atoms with E-state index in [9.17, 15) is 9.59 Å². The van der Waals surface area contributed by atoms with Gasteiger partial charge in [0.1, 0.15) is 5.69 Å². The minimum atomic E-state index is -0.679. The van der Waals surface area contributed by atoms with Gasteiger partial charge in [0.25, 0.3) is 5.91 Å². The van der Waals surface area contributed by atoms with Crippen molar-refractivity contribution in [2.24, 2.45) is 12.5 Å². The summed E-state index contributed by atoms with van der Waals surface area (Å²) in [6, 6.07) is 14.2. The van der Waals surface area contributed by atoms with Gasteiger partial charge >= 0.3 is 0 Å². The lowest BCUT2D eigenvalue weighted by atomic mass is 9.79. The Morgan fingerprint density at radius 2 is 2.16 bits per heavy atom. The molecule has 0 radical (unpaired) electrons. The number of aryl methyl sites for hydroxylation is 1. The van der Waals surface area contributed by atoms with E-state index in [0.29, 0.717) is 38.2 Å². The fourth-order valence-corrected chi connectivity index (χ4v) is 4.89. The molecular formula is C24H26N4O2S. The average Bonchev–Trinajstić information content (AvgIpc) is 3.53. The van der Waals surface area contributed by atoms with Gasteiger partial charge in [-0.25, -0.2) is 0 Å². The standard InChI is InChI=1S/C24H26N4O2S/c1-3-11-25-23(30)24(10-13-28(17-24)22(29)20-9-12-27(2)26-20)16-18-6-4-7-19(15-18)21-8-5-14-31-21/h3-9,12,14-15H,1,10-11,13,16-17H2,2H3,(H,25,30). The number of benzene rings is 1. The molecule has 4 rings (SSSR count). The fraction of sp³-hybridized carbons (Fsp3) is 0.292. The molecule has 0 saturated carbocycles. The molecule has 1 aliphatic heterocycles. The largest absolute Gasteiger partial charge is 0.352 e. The van der Waals surface area contributed by atoms with Crippen LogP contribution < -0.4 is 5.32 Å². The van der Waals surface area contributed by atoms with Crippen LogP contribution in [0.5, 0.6) is 0 Å². The molecule has 31 heavy (non-hydrogen) atoms. The van der Waals surface area contributed by atoms with Crippen LogP contribution >= 0.6 is 11.3 Å². The molecule has 1 aliphatic rings. The molecule has 3 aromatic rings. The highest BCUT2D eigenvalue weighted by Crippen LogP contribution is 2.36. The van der Waals surface area contributed by atoms with Gasteiger partial charge in [-0.1, -0.05) is 36.4 Å². The number of carbonyl (C=O) groups is 2. The Bertz CT molecular complexity index is 1090. The summed E-state index contributed by atoms with van der Waals surface area (Å²) in [6.07, 6.45) is 4.61. The first-order chi connectivity index (χ1) is 15.0. The van der Waals surface area contributed by atoms with Gasteiger partial charge in [0.05, 0.1) is 5.41 Å². The first-order valence-corrected chi connectivity index (χ1v) is 11.2. The highest BCUT2D eigenvalue weighted by atomic mass is 32.1. The molecule has 0 aliphatic carbocycles. The number of nitrogens with one attached hydrogen (secondary N) is 1. The number of aromatic nitrogens is 2. The van der Waals surface area contributed by atoms with E-state index in [1.807, 2.05) is 12.1 Å². The zero-order valence-corrected chi connectivity index (χ0v) is 18.4. The van der Waals surface area contributed by atoms with Crippen LogP contribution in [0.15, 0.2) is 66.7 Å². The van der Waals surface area contributed by atoms with E-state index in [2.05, 4.69) is 46.6 Å². The molecule has 2 aromatic heterocycles. The van der Waals surface area contributed by atoms with Gasteiger partial charge in [-0.2, -0.15) is 5.10 Å². The smallest absolute Gasteiger partial charge is 0.274 e. The van der Waals surface area contributed by atoms with Crippen LogP contribution in [0, 0.1) is 5.41 Å². The molecular weight excluding hydrogens is 408 g/mol. The lowest BCUT2D eigenvalue weighted by Crippen LogP contribution is -2.45. The van der Waals surface area contributed by atoms with Crippen LogP contribution in [0.2, 0.25) is 0 Å². The maximum Gasteiger partial charge on any atom is 0.274 e. The molecule has 7 heteroatoms. The minimum Gasteiger partial charge on any atom is -0.352 e. The summed E-state index contributed by atoms with van der Waals surface area (Å²) < 4.78 is 1.61. The molecule has 1 atom stereocenters. The van der Waals surface area contributed by atoms with E-state index in [1.165, 1.54) is 4.88 Å². The van der Waals surface area contributed by atoms with Crippen LogP contribution in [0.25, 0.3) is 10.4 Å². The van der Waals surface area contributed by atoms with Crippen molar-refractivity contribution < 1.29 is 9.59 Å². The van der Waals surface area contributed by atoms with Crippen molar-refractivity contribution in [1.82, 2.24) is 20.0 Å². The Labute approximate surface area is 186 Å². The molecule has 0 bridgehead atoms. The van der Waals surface area contributed by atoms with E-state index < -0.39 is 5.41 Å². The quantitative estimate of drug-likeness (QED) is 0.579. The molecule has 6 nitrogen and oxygen atoms in total. The summed E-state index contributed by atoms with van der Waals surface area (Å²) in [5.41, 5.74) is 1.96. The number of carbonyl (C=O) groups excluding carboxylic acids is 2. The van der Waals surface area contributed by atoms with Gasteiger partial charge in [-0.3, -0.25) is 14.3 Å². The first-order valence-electron chi connectivity index (χ1n) is 10.3. The van der Waals surface area contributed by atoms with E-state index >= 15 is 0 Å². The van der Waals surface area contributed by atoms with Crippen molar-refractivity contribution >= 4 is 23.2 Å². The third-order valence-electron chi connectivity index (χ3n) is 5.74. The van der Waals surface area contributed by atoms with E-state index in [1.54, 1.807) is 46.3 Å². The predicted octanol–water partition coefficient (Wildman–Crippen LogP) is 3.53. The molecule has 1 fully saturated rings. The summed E-state index contributed by atoms with van der Waals surface area (Å²) in [6.45, 7) is 5.01. The van der Waals surface area contributed by atoms with Crippen LogP contribution in [0.1, 0.15) is 22.5 Å². The van der Waals surface area contributed by atoms with Gasteiger partial charge in [-0.05, 0) is 41.5 Å². The SMILES string of the molecule is C=CCNC(=O)C1(Cc2cccc(-c3cccs3)c2)CCN(C(=O)c2ccn(C)n2)C1. The predicted molar refractivity (Wildman–Crippen MR) is 123 cm³/mol. The summed E-state index contributed by atoms with van der Waals surface area (Å²) in [5.74, 6) is -0.170. The van der Waals surface area contributed by atoms with Crippen LogP contribution in [0.3, 0.4) is 0 Å². The Morgan fingerprint density at radius 3 is 2.87 bits per heavy atom. The number of hydrogen-bond acceptors (Lipinski definition) is 4. The van der Waals surface area contributed by atoms with Crippen molar-refractivity contribution in [3.8, 4) is 10.4 Å². The van der Waals surface area contributed by atoms with Gasteiger partial charge in [-0.15, -0.1) is 17.9 Å². The Morgan fingerprint density at radius 1 is 1.29 bits per heavy atom. The first kappa shape index (κ1) is 21.1. The van der Waals surface area contributed by atoms with Crippen molar-refractivity contribution in [1.29, 1.82) is 0 Å². The Kier molecular flexibility index (Phi) is 6.04. The number of hydrogen-bond donors (Lipinski definition) is 1. The third-order valence-corrected chi connectivity index (χ3v) is 6.66. The molecule has 3 heterocycles. The average molecular weight is 435 g/mol. The normalized spacial score (nSPS) is 18.2. The lowest BCUT2D eigenvalue weighted by molar-refractivity contribution is -0.130. The number of nitrogens with zero attached hydrogens (tertiary/aromatic N) is 3. The summed E-state index contributed by atoms with van der Waals surface area (Å²) in [4.78, 5) is 29.1. The Balaban J connectivity index is 1.59. The molecule has 1 saturated heterocycles. The molecule has 2 amide bonds. The maximum atomic E-state index is 13.2. The van der Waals surface area contributed by atoms with E-state index in [-0.39, 0.29) is 11.8 Å². The van der Waals surface area contributed by atoms with Crippen LogP contribution in [-0.4, -0.2) is 46.1 Å². The fourth-order valence-electron chi connectivity index (χ4n) is 4.17. The number of rotatable bonds is 7. The van der Waals surface area contributed by atoms with Gasteiger partial charge in [0.2, 0.25) is 5.91 Å². The van der Waals surface area contributed by atoms with Crippen LogP contribution in [-0.2, 0) is 18.3 Å². The number of thiophene rings is 1. The number of likely N-dealkylation sites (tertiary alicyclic amines) is 1. The minimum absolute atomic E-state index is 0.0368. The summed E-state index contributed by atoms with van der Waals surface area (Å²) >= 11 is 1.70. The molecule has 1 unspecified atom stereocenters. The second-order valence-electron chi connectivity index (χ2n) is 7.98. The van der Waals surface area contributed by atoms with Gasteiger partial charge < -0.3 is 10.2 Å². The Hall–Kier alpha value is -3.19.